The zero-order valence-electron chi connectivity index (χ0n) is 18.9. The number of halogens is 2. The van der Waals surface area contributed by atoms with Crippen molar-refractivity contribution in [1.29, 1.82) is 0 Å². The van der Waals surface area contributed by atoms with Gasteiger partial charge in [-0.2, -0.15) is 9.61 Å². The number of hydrogen-bond acceptors (Lipinski definition) is 6. The van der Waals surface area contributed by atoms with Gasteiger partial charge in [-0.15, -0.1) is 11.3 Å². The van der Waals surface area contributed by atoms with Crippen LogP contribution in [0.5, 0.6) is 0 Å². The van der Waals surface area contributed by atoms with Crippen LogP contribution in [0.4, 0.5) is 5.82 Å². The summed E-state index contributed by atoms with van der Waals surface area (Å²) in [5.74, 6) is 1.11. The number of H-pyrrole nitrogens is 1. The van der Waals surface area contributed by atoms with Crippen molar-refractivity contribution in [3.63, 3.8) is 0 Å². The number of nitrogens with zero attached hydrogens (tertiary/aromatic N) is 4. The smallest absolute Gasteiger partial charge is 0.268 e. The number of anilines is 1. The maximum Gasteiger partial charge on any atom is 0.268 e. The second-order valence-corrected chi connectivity index (χ2v) is 10.4. The van der Waals surface area contributed by atoms with E-state index in [0.717, 1.165) is 27.3 Å². The molecule has 0 aliphatic carbocycles. The number of thiophene rings is 1. The van der Waals surface area contributed by atoms with Crippen LogP contribution in [0.1, 0.15) is 17.1 Å². The van der Waals surface area contributed by atoms with E-state index in [2.05, 4.69) is 20.1 Å². The van der Waals surface area contributed by atoms with Gasteiger partial charge < -0.3 is 10.7 Å². The number of nitrogens with two attached hydrogens (primary N) is 1. The molecule has 0 bridgehead atoms. The molecule has 10 heteroatoms. The summed E-state index contributed by atoms with van der Waals surface area (Å²) in [7, 11) is 0. The Hall–Kier alpha value is -3.72. The Balaban J connectivity index is 1.34. The zero-order chi connectivity index (χ0) is 25.0. The van der Waals surface area contributed by atoms with Crippen molar-refractivity contribution in [2.24, 2.45) is 0 Å². The fourth-order valence-electron chi connectivity index (χ4n) is 4.15. The summed E-state index contributed by atoms with van der Waals surface area (Å²) >= 11 is 14.0. The highest BCUT2D eigenvalue weighted by atomic mass is 35.5. The number of rotatable bonds is 4. The molecule has 0 fully saturated rings. The van der Waals surface area contributed by atoms with Crippen molar-refractivity contribution < 1.29 is 0 Å². The van der Waals surface area contributed by atoms with Crippen LogP contribution in [0, 0.1) is 6.92 Å². The van der Waals surface area contributed by atoms with Crippen LogP contribution in [-0.2, 0) is 6.42 Å². The van der Waals surface area contributed by atoms with Crippen LogP contribution in [0.15, 0.2) is 65.5 Å². The molecule has 36 heavy (non-hydrogen) atoms. The second kappa shape index (κ2) is 8.74. The highest BCUT2D eigenvalue weighted by Gasteiger charge is 2.15. The van der Waals surface area contributed by atoms with E-state index in [0.29, 0.717) is 49.7 Å². The monoisotopic (exact) mass is 532 g/mol. The Morgan fingerprint density at radius 3 is 2.61 bits per heavy atom. The van der Waals surface area contributed by atoms with Crippen LogP contribution in [0.2, 0.25) is 10.0 Å². The minimum Gasteiger partial charge on any atom is -0.384 e. The molecular formula is C26H18Cl2N6OS. The second-order valence-electron chi connectivity index (χ2n) is 8.46. The first kappa shape index (κ1) is 22.7. The van der Waals surface area contributed by atoms with Gasteiger partial charge >= 0.3 is 0 Å². The molecule has 6 aromatic rings. The fraction of sp³-hybridized carbons (Fsp3) is 0.0769. The molecule has 0 saturated carbocycles. The average molecular weight is 533 g/mol. The van der Waals surface area contributed by atoms with E-state index in [1.807, 2.05) is 61.5 Å². The summed E-state index contributed by atoms with van der Waals surface area (Å²) in [5.41, 5.74) is 11.4. The summed E-state index contributed by atoms with van der Waals surface area (Å²) in [5, 5.41) is 5.77. The molecule has 0 aliphatic rings. The third kappa shape index (κ3) is 4.13. The van der Waals surface area contributed by atoms with Crippen LogP contribution in [0.3, 0.4) is 0 Å². The van der Waals surface area contributed by atoms with Crippen LogP contribution < -0.4 is 11.3 Å². The first-order valence-electron chi connectivity index (χ1n) is 11.0. The minimum atomic E-state index is -0.159. The molecule has 178 valence electrons. The average Bonchev–Trinajstić information content (AvgIpc) is 3.45. The highest BCUT2D eigenvalue weighted by Crippen LogP contribution is 2.36. The predicted molar refractivity (Wildman–Crippen MR) is 146 cm³/mol. The third-order valence-electron chi connectivity index (χ3n) is 5.83. The molecular weight excluding hydrogens is 515 g/mol. The third-order valence-corrected chi connectivity index (χ3v) is 7.57. The predicted octanol–water partition coefficient (Wildman–Crippen LogP) is 6.15. The summed E-state index contributed by atoms with van der Waals surface area (Å²) in [4.78, 5) is 25.7. The normalized spacial score (nSPS) is 11.5. The number of nitrogen functional groups attached to an aromatic ring is 1. The lowest BCUT2D eigenvalue weighted by Crippen LogP contribution is -2.10. The molecule has 0 unspecified atom stereocenters. The molecule has 6 rings (SSSR count). The van der Waals surface area contributed by atoms with Crippen LogP contribution in [-0.4, -0.2) is 24.6 Å². The first-order valence-corrected chi connectivity index (χ1v) is 12.6. The molecule has 4 aromatic heterocycles. The van der Waals surface area contributed by atoms with Crippen molar-refractivity contribution in [3.8, 4) is 21.7 Å². The van der Waals surface area contributed by atoms with Crippen molar-refractivity contribution in [2.45, 2.75) is 13.3 Å². The van der Waals surface area contributed by atoms with E-state index >= 15 is 0 Å². The Kier molecular flexibility index (Phi) is 5.52. The number of hydrogen-bond donors (Lipinski definition) is 2. The summed E-state index contributed by atoms with van der Waals surface area (Å²) < 4.78 is 2.17. The molecule has 2 aromatic carbocycles. The number of aromatic amines is 1. The molecule has 0 aliphatic heterocycles. The maximum absolute atomic E-state index is 12.8. The van der Waals surface area contributed by atoms with Gasteiger partial charge in [0.2, 0.25) is 0 Å². The van der Waals surface area contributed by atoms with E-state index < -0.39 is 0 Å². The van der Waals surface area contributed by atoms with E-state index in [9.17, 15) is 4.79 Å². The molecule has 0 saturated heterocycles. The van der Waals surface area contributed by atoms with Gasteiger partial charge in [0.05, 0.1) is 16.2 Å². The Morgan fingerprint density at radius 2 is 1.83 bits per heavy atom. The van der Waals surface area contributed by atoms with Gasteiger partial charge in [0.25, 0.3) is 5.56 Å². The Morgan fingerprint density at radius 1 is 1.03 bits per heavy atom. The van der Waals surface area contributed by atoms with Crippen molar-refractivity contribution in [2.75, 3.05) is 5.73 Å². The van der Waals surface area contributed by atoms with Gasteiger partial charge in [-0.3, -0.25) is 4.79 Å². The fourth-order valence-corrected chi connectivity index (χ4v) is 5.54. The van der Waals surface area contributed by atoms with E-state index in [-0.39, 0.29) is 5.56 Å². The number of benzene rings is 2. The first-order chi connectivity index (χ1) is 17.3. The van der Waals surface area contributed by atoms with E-state index in [4.69, 9.17) is 28.9 Å². The maximum atomic E-state index is 12.8. The molecule has 0 spiro atoms. The quantitative estimate of drug-likeness (QED) is 0.283. The van der Waals surface area contributed by atoms with Gasteiger partial charge in [0.15, 0.2) is 5.65 Å². The standard InChI is InChI=1S/C26H18Cl2N6OS/c1-13-8-22(29)34-24(30-13)12-19(33-34)17-7-4-15(10-18(17)28)21-11-20-25(36-21)26(35)32-23(31-20)9-14-2-5-16(27)6-3-14/h2-8,10-12H,9,29H2,1H3,(H,31,32,35). The van der Waals surface area contributed by atoms with Gasteiger partial charge in [-0.05, 0) is 42.3 Å². The topological polar surface area (TPSA) is 102 Å². The lowest BCUT2D eigenvalue weighted by molar-refractivity contribution is 0.946. The van der Waals surface area contributed by atoms with Crippen molar-refractivity contribution >= 4 is 56.2 Å². The van der Waals surface area contributed by atoms with E-state index in [1.165, 1.54) is 11.3 Å². The van der Waals surface area contributed by atoms with Gasteiger partial charge in [0.1, 0.15) is 16.3 Å². The number of fused-ring (bicyclic) bond motifs is 2. The zero-order valence-corrected chi connectivity index (χ0v) is 21.2. The van der Waals surface area contributed by atoms with E-state index in [1.54, 1.807) is 10.6 Å². The van der Waals surface area contributed by atoms with Gasteiger partial charge in [-0.1, -0.05) is 47.5 Å². The molecule has 7 nitrogen and oxygen atoms in total. The summed E-state index contributed by atoms with van der Waals surface area (Å²) in [6.45, 7) is 1.89. The van der Waals surface area contributed by atoms with Gasteiger partial charge in [-0.25, -0.2) is 9.97 Å². The summed E-state index contributed by atoms with van der Waals surface area (Å²) in [6, 6.07) is 18.8. The summed E-state index contributed by atoms with van der Waals surface area (Å²) in [6.07, 6.45) is 0.506. The van der Waals surface area contributed by atoms with Crippen molar-refractivity contribution in [1.82, 2.24) is 24.6 Å². The molecule has 3 N–H and O–H groups in total. The highest BCUT2D eigenvalue weighted by molar-refractivity contribution is 7.22. The van der Waals surface area contributed by atoms with Crippen molar-refractivity contribution in [3.05, 3.63) is 98.1 Å². The molecule has 0 atom stereocenters. The van der Waals surface area contributed by atoms with Crippen LogP contribution in [0.25, 0.3) is 37.6 Å². The molecule has 0 amide bonds. The number of aryl methyl sites for hydroxylation is 1. The SMILES string of the molecule is Cc1cc(N)n2nc(-c3ccc(-c4cc5nc(Cc6ccc(Cl)cc6)[nH]c(=O)c5s4)cc3Cl)cc2n1. The Labute approximate surface area is 219 Å². The number of nitrogens with one attached hydrogen (secondary N) is 1. The number of aromatic nitrogens is 5. The largest absolute Gasteiger partial charge is 0.384 e. The van der Waals surface area contributed by atoms with Gasteiger partial charge in [0, 0.05) is 39.7 Å². The minimum absolute atomic E-state index is 0.159. The lowest BCUT2D eigenvalue weighted by Gasteiger charge is -2.03. The molecule has 0 radical (unpaired) electrons. The van der Waals surface area contributed by atoms with Crippen LogP contribution >= 0.6 is 34.5 Å². The Bertz CT molecular complexity index is 1840. The lowest BCUT2D eigenvalue weighted by atomic mass is 10.1. The molecule has 4 heterocycles.